The number of carbonyl (C=O) groups is 1. The van der Waals surface area contributed by atoms with Gasteiger partial charge in [-0.1, -0.05) is 70.8 Å². The molecule has 0 bridgehead atoms. The second-order valence-electron chi connectivity index (χ2n) is 12.4. The number of hydrogen-bond acceptors (Lipinski definition) is 3. The number of alkyl halides is 11. The molecule has 8 nitrogen and oxygen atoms in total. The van der Waals surface area contributed by atoms with Gasteiger partial charge in [0.1, 0.15) is 22.7 Å². The van der Waals surface area contributed by atoms with Crippen LogP contribution in [0.5, 0.6) is 0 Å². The minimum absolute atomic E-state index is 0. The summed E-state index contributed by atoms with van der Waals surface area (Å²) in [6.45, 7) is 9.41. The standard InChI is InChI=1S/C15H17F3N2O2.C10H5F3N2.C10H9F3N2.C2H4I2.CH2I.CH4.V/c1-14(2,3)22-13(21)19-8-9-4-5-11-10(6-9)7-12(20-11)15(16,17)18;1-14-7-2-3-8-6(4-7)5-9(15-8)10(11,12)13;11-10(12,13)9-4-7-3-6(5-14)1-2-8(7)15-9;1-2(3)4;1-2;;/h4-7,20H,8H2,1-3H3,(H,19,21);2-5,15H;1-4,15H,5,14H2;2H,1H3;1H2;1H4;/q;;;;-1;;/i8D2;;5D2;;;;. The normalized spacial score (nSPS) is 12.7. The third-order valence-corrected chi connectivity index (χ3v) is 6.77. The number of aromatic nitrogens is 3. The molecule has 0 aliphatic rings. The number of carbonyl (C=O) groups excluding carboxylic acids is 1. The summed E-state index contributed by atoms with van der Waals surface area (Å²) >= 11 is 6.56. The number of fused-ring (bicyclic) bond motifs is 3. The Labute approximate surface area is 399 Å². The first-order valence-electron chi connectivity index (χ1n) is 18.0. The fourth-order valence-corrected chi connectivity index (χ4v) is 4.51. The fraction of sp³-hybridized carbons (Fsp3) is 0.308. The third kappa shape index (κ3) is 19.0. The van der Waals surface area contributed by atoms with Crippen LogP contribution in [-0.4, -0.2) is 28.6 Å². The number of nitrogens with two attached hydrogens (primary N) is 1. The maximum Gasteiger partial charge on any atom is 0.431 e. The van der Waals surface area contributed by atoms with Crippen LogP contribution >= 0.6 is 67.8 Å². The minimum atomic E-state index is -4.52. The molecule has 21 heteroatoms. The van der Waals surface area contributed by atoms with E-state index in [1.54, 1.807) is 20.8 Å². The number of alkyl carbamates (subject to hydrolysis) is 1. The first kappa shape index (κ1) is 49.8. The zero-order chi connectivity index (χ0) is 47.8. The molecule has 1 radical (unpaired) electrons. The third-order valence-electron chi connectivity index (χ3n) is 6.77. The van der Waals surface area contributed by atoms with E-state index in [2.05, 4.69) is 82.1 Å². The van der Waals surface area contributed by atoms with Crippen molar-refractivity contribution in [1.29, 1.82) is 0 Å². The van der Waals surface area contributed by atoms with Crippen molar-refractivity contribution in [2.24, 2.45) is 5.73 Å². The Morgan fingerprint density at radius 1 is 0.767 bits per heavy atom. The summed E-state index contributed by atoms with van der Waals surface area (Å²) in [5, 5.41) is 2.94. The van der Waals surface area contributed by atoms with Gasteiger partial charge in [-0.3, -0.25) is 4.93 Å². The molecule has 0 saturated carbocycles. The Morgan fingerprint density at radius 2 is 1.12 bits per heavy atom. The number of amides is 1. The van der Waals surface area contributed by atoms with Crippen molar-refractivity contribution in [3.05, 3.63) is 117 Å². The molecule has 0 unspecified atom stereocenters. The van der Waals surface area contributed by atoms with Crippen LogP contribution in [0.2, 0.25) is 0 Å². The van der Waals surface area contributed by atoms with Gasteiger partial charge < -0.3 is 53.3 Å². The van der Waals surface area contributed by atoms with Gasteiger partial charge in [0, 0.05) is 61.6 Å². The van der Waals surface area contributed by atoms with Crippen molar-refractivity contribution in [3.8, 4) is 0 Å². The van der Waals surface area contributed by atoms with Crippen LogP contribution in [0, 0.1) is 11.5 Å². The predicted octanol–water partition coefficient (Wildman–Crippen LogP) is 14.6. The van der Waals surface area contributed by atoms with Gasteiger partial charge in [0.05, 0.1) is 11.2 Å². The van der Waals surface area contributed by atoms with Crippen LogP contribution in [0.3, 0.4) is 0 Å². The molecule has 3 aromatic carbocycles. The summed E-state index contributed by atoms with van der Waals surface area (Å²) < 4.78 is 149. The minimum Gasteiger partial charge on any atom is -0.444 e. The van der Waals surface area contributed by atoms with Gasteiger partial charge >= 0.3 is 24.6 Å². The van der Waals surface area contributed by atoms with E-state index in [4.69, 9.17) is 22.5 Å². The topological polar surface area (TPSA) is 116 Å². The van der Waals surface area contributed by atoms with Gasteiger partial charge in [0.25, 0.3) is 0 Å². The summed E-state index contributed by atoms with van der Waals surface area (Å²) in [7, 11) is 0. The molecular weight excluding hydrogens is 1190 g/mol. The number of aromatic amines is 3. The molecule has 6 rings (SSSR count). The number of nitrogens with zero attached hydrogens (tertiary/aromatic N) is 1. The van der Waals surface area contributed by atoms with E-state index in [0.29, 0.717) is 22.1 Å². The molecule has 3 aromatic heterocycles. The number of rotatable bonds is 3. The molecule has 3 heterocycles. The molecule has 0 atom stereocenters. The monoisotopic (exact) mass is 1230 g/mol. The van der Waals surface area contributed by atoms with Crippen LogP contribution in [-0.2, 0) is 54.8 Å². The smallest absolute Gasteiger partial charge is 0.431 e. The summed E-state index contributed by atoms with van der Waals surface area (Å²) in [5.41, 5.74) is 3.25. The van der Waals surface area contributed by atoms with Crippen LogP contribution in [0.1, 0.15) is 68.8 Å². The molecule has 0 spiro atoms. The maximum absolute atomic E-state index is 12.7. The number of halogens is 12. The molecular formula is C39H41F9I3N6O2V-. The average Bonchev–Trinajstić information content (AvgIpc) is 3.87. The van der Waals surface area contributed by atoms with E-state index in [-0.39, 0.29) is 53.4 Å². The van der Waals surface area contributed by atoms with Gasteiger partial charge in [-0.2, -0.15) is 39.5 Å². The molecule has 60 heavy (non-hydrogen) atoms. The second-order valence-corrected chi connectivity index (χ2v) is 18.6. The Hall–Kier alpha value is -2.86. The van der Waals surface area contributed by atoms with E-state index in [9.17, 15) is 44.3 Å². The quantitative estimate of drug-likeness (QED) is 0.0526. The molecule has 6 N–H and O–H groups in total. The zero-order valence-corrected chi connectivity index (χ0v) is 38.9. The van der Waals surface area contributed by atoms with Crippen molar-refractivity contribution in [3.63, 3.8) is 0 Å². The van der Waals surface area contributed by atoms with Gasteiger partial charge in [0.15, 0.2) is 5.69 Å². The first-order chi connectivity index (χ1) is 28.2. The number of H-pyrrole nitrogens is 3. The molecule has 0 aliphatic carbocycles. The first-order valence-corrected chi connectivity index (χ1v) is 20.0. The van der Waals surface area contributed by atoms with E-state index >= 15 is 0 Å². The molecule has 0 aliphatic heterocycles. The zero-order valence-electron chi connectivity index (χ0n) is 35.0. The average molecular weight is 1230 g/mol. The Morgan fingerprint density at radius 3 is 1.47 bits per heavy atom. The molecule has 0 saturated heterocycles. The van der Waals surface area contributed by atoms with Gasteiger partial charge in [-0.05, 0) is 98.8 Å². The van der Waals surface area contributed by atoms with Crippen molar-refractivity contribution in [2.75, 3.05) is 0 Å². The van der Waals surface area contributed by atoms with E-state index in [0.717, 1.165) is 20.1 Å². The van der Waals surface area contributed by atoms with E-state index in [1.165, 1.54) is 54.6 Å². The SMILES string of the molecule is C.CC(I)I.[2H]C([2H])(N)c1ccc2[nH]c(C(F)(F)F)cc2c1.[2H]C([2H])(NC(=O)OC(C)(C)C)c1ccc2[nH]c(C(F)(F)F)cc2c1.[C-]#[N+]c1ccc2[nH]c(C(F)(F)F)cc2c1.[CH2-]I.[V]. The fourth-order valence-electron chi connectivity index (χ4n) is 4.51. The summed E-state index contributed by atoms with van der Waals surface area (Å²) in [4.78, 5) is 24.8. The Kier molecular flexibility index (Phi) is 20.5. The number of hydrogen-bond donors (Lipinski definition) is 5. The van der Waals surface area contributed by atoms with Crippen LogP contribution in [0.25, 0.3) is 37.6 Å². The van der Waals surface area contributed by atoms with Crippen LogP contribution in [0.4, 0.5) is 50.0 Å². The molecule has 0 fully saturated rings. The van der Waals surface area contributed by atoms with Crippen molar-refractivity contribution >= 4 is 112 Å². The van der Waals surface area contributed by atoms with Gasteiger partial charge in [-0.25, -0.2) is 9.64 Å². The van der Waals surface area contributed by atoms with Gasteiger partial charge in [-0.15, -0.1) is 0 Å². The summed E-state index contributed by atoms with van der Waals surface area (Å²) in [5.74, 6) is 0. The summed E-state index contributed by atoms with van der Waals surface area (Å²) in [6, 6.07) is 15.1. The van der Waals surface area contributed by atoms with Crippen LogP contribution in [0.15, 0.2) is 72.8 Å². The van der Waals surface area contributed by atoms with E-state index in [1.807, 2.05) is 22.6 Å². The number of benzene rings is 3. The van der Waals surface area contributed by atoms with Gasteiger partial charge in [0.2, 0.25) is 0 Å². The van der Waals surface area contributed by atoms with Crippen molar-refractivity contribution in [2.45, 2.75) is 74.2 Å². The second kappa shape index (κ2) is 24.7. The summed E-state index contributed by atoms with van der Waals surface area (Å²) in [6.07, 6.45) is -14.3. The van der Waals surface area contributed by atoms with Crippen LogP contribution < -0.4 is 11.1 Å². The van der Waals surface area contributed by atoms with Crippen molar-refractivity contribution < 1.29 is 73.1 Å². The van der Waals surface area contributed by atoms with E-state index < -0.39 is 60.3 Å². The number of nitrogens with one attached hydrogen (secondary N) is 4. The molecule has 329 valence electrons. The number of ether oxygens (including phenoxy) is 1. The maximum atomic E-state index is 12.7. The van der Waals surface area contributed by atoms with Crippen molar-refractivity contribution in [1.82, 2.24) is 20.3 Å². The predicted molar refractivity (Wildman–Crippen MR) is 241 cm³/mol. The largest absolute Gasteiger partial charge is 0.444 e. The molecule has 6 aromatic rings. The molecule has 1 amide bonds. The Balaban J connectivity index is 0.000000882. The Bertz CT molecular complexity index is 2460.